The lowest BCUT2D eigenvalue weighted by Gasteiger charge is -2.20. The molecule has 0 unspecified atom stereocenters. The predicted octanol–water partition coefficient (Wildman–Crippen LogP) is 3.75. The van der Waals surface area contributed by atoms with Crippen LogP contribution in [0.4, 0.5) is 0 Å². The van der Waals surface area contributed by atoms with Gasteiger partial charge in [-0.05, 0) is 23.6 Å². The molecule has 1 aromatic carbocycles. The van der Waals surface area contributed by atoms with Crippen molar-refractivity contribution in [2.45, 2.75) is 18.0 Å². The van der Waals surface area contributed by atoms with E-state index in [1.807, 2.05) is 58.5 Å². The van der Waals surface area contributed by atoms with E-state index in [1.54, 1.807) is 23.3 Å². The first kappa shape index (κ1) is 22.3. The lowest BCUT2D eigenvalue weighted by molar-refractivity contribution is -0.128. The number of hydrogen-bond donors (Lipinski definition) is 0. The fourth-order valence-corrected chi connectivity index (χ4v) is 4.46. The van der Waals surface area contributed by atoms with Crippen molar-refractivity contribution in [2.24, 2.45) is 0 Å². The van der Waals surface area contributed by atoms with Crippen LogP contribution in [0, 0.1) is 22.7 Å². The van der Waals surface area contributed by atoms with E-state index in [2.05, 4.69) is 10.2 Å². The zero-order valence-electron chi connectivity index (χ0n) is 16.9. The Morgan fingerprint density at radius 1 is 1.16 bits per heavy atom. The lowest BCUT2D eigenvalue weighted by Crippen LogP contribution is -2.34. The Bertz CT molecular complexity index is 1080. The van der Waals surface area contributed by atoms with Gasteiger partial charge in [0.25, 0.3) is 0 Å². The third kappa shape index (κ3) is 5.43. The zero-order valence-corrected chi connectivity index (χ0v) is 18.5. The summed E-state index contributed by atoms with van der Waals surface area (Å²) in [6.07, 6.45) is 0.448. The zero-order chi connectivity index (χ0) is 22.1. The molecule has 0 saturated heterocycles. The molecule has 31 heavy (non-hydrogen) atoms. The Labute approximate surface area is 188 Å². The number of ether oxygens (including phenoxy) is 1. The maximum Gasteiger partial charge on any atom is 0.233 e. The summed E-state index contributed by atoms with van der Waals surface area (Å²) in [4.78, 5) is 15.2. The minimum Gasteiger partial charge on any atom is -0.495 e. The molecule has 2 heterocycles. The summed E-state index contributed by atoms with van der Waals surface area (Å²) in [6, 6.07) is 15.6. The third-order valence-electron chi connectivity index (χ3n) is 4.37. The molecule has 158 valence electrons. The average molecular weight is 453 g/mol. The van der Waals surface area contributed by atoms with E-state index in [0.717, 1.165) is 10.6 Å². The molecule has 0 fully saturated rings. The number of nitrogens with zero attached hydrogens (tertiary/aromatic N) is 6. The van der Waals surface area contributed by atoms with Crippen LogP contribution in [0.2, 0.25) is 0 Å². The predicted molar refractivity (Wildman–Crippen MR) is 119 cm³/mol. The van der Waals surface area contributed by atoms with Crippen LogP contribution in [0.3, 0.4) is 0 Å². The van der Waals surface area contributed by atoms with Crippen molar-refractivity contribution in [3.63, 3.8) is 0 Å². The van der Waals surface area contributed by atoms with Crippen LogP contribution in [0.25, 0.3) is 16.4 Å². The maximum absolute atomic E-state index is 12.7. The summed E-state index contributed by atoms with van der Waals surface area (Å²) < 4.78 is 7.42. The number of amides is 1. The summed E-state index contributed by atoms with van der Waals surface area (Å²) in [6.45, 7) is 0.606. The van der Waals surface area contributed by atoms with E-state index < -0.39 is 0 Å². The molecule has 0 aliphatic carbocycles. The van der Waals surface area contributed by atoms with Crippen molar-refractivity contribution >= 4 is 29.0 Å². The number of rotatable bonds is 10. The van der Waals surface area contributed by atoms with Crippen LogP contribution < -0.4 is 4.74 Å². The summed E-state index contributed by atoms with van der Waals surface area (Å²) in [5.41, 5.74) is 0.777. The summed E-state index contributed by atoms with van der Waals surface area (Å²) in [5, 5.41) is 28.9. The molecular weight excluding hydrogens is 432 g/mol. The molecule has 0 spiro atoms. The van der Waals surface area contributed by atoms with Gasteiger partial charge in [-0.25, -0.2) is 0 Å². The van der Waals surface area contributed by atoms with Gasteiger partial charge >= 0.3 is 0 Å². The van der Waals surface area contributed by atoms with Crippen LogP contribution in [-0.4, -0.2) is 51.5 Å². The van der Waals surface area contributed by atoms with E-state index in [-0.39, 0.29) is 24.5 Å². The number of thiophene rings is 1. The van der Waals surface area contributed by atoms with Crippen molar-refractivity contribution in [1.82, 2.24) is 19.7 Å². The number of para-hydroxylation sites is 2. The number of nitriles is 2. The van der Waals surface area contributed by atoms with Crippen LogP contribution in [0.1, 0.15) is 12.8 Å². The molecule has 2 aromatic heterocycles. The fraction of sp³-hybridized carbons (Fsp3) is 0.286. The largest absolute Gasteiger partial charge is 0.495 e. The van der Waals surface area contributed by atoms with Crippen LogP contribution >= 0.6 is 23.1 Å². The first-order valence-corrected chi connectivity index (χ1v) is 11.3. The van der Waals surface area contributed by atoms with Crippen molar-refractivity contribution in [3.8, 4) is 34.3 Å². The molecule has 0 N–H and O–H groups in total. The molecule has 0 radical (unpaired) electrons. The molecule has 1 amide bonds. The van der Waals surface area contributed by atoms with Crippen LogP contribution in [-0.2, 0) is 4.79 Å². The highest BCUT2D eigenvalue weighted by Gasteiger charge is 2.21. The van der Waals surface area contributed by atoms with E-state index in [9.17, 15) is 4.79 Å². The first-order chi connectivity index (χ1) is 15.2. The number of aromatic nitrogens is 3. The van der Waals surface area contributed by atoms with Crippen LogP contribution in [0.15, 0.2) is 46.9 Å². The lowest BCUT2D eigenvalue weighted by atomic mass is 10.3. The van der Waals surface area contributed by atoms with Crippen molar-refractivity contribution in [1.29, 1.82) is 10.5 Å². The Morgan fingerprint density at radius 2 is 1.90 bits per heavy atom. The van der Waals surface area contributed by atoms with E-state index in [4.69, 9.17) is 15.3 Å². The molecule has 3 rings (SSSR count). The molecule has 0 aliphatic heterocycles. The molecule has 0 bridgehead atoms. The maximum atomic E-state index is 12.7. The Morgan fingerprint density at radius 3 is 2.55 bits per heavy atom. The average Bonchev–Trinajstić information content (AvgIpc) is 3.47. The molecule has 0 aliphatic rings. The third-order valence-corrected chi connectivity index (χ3v) is 6.15. The van der Waals surface area contributed by atoms with Gasteiger partial charge in [0.1, 0.15) is 5.75 Å². The number of carbonyl (C=O) groups is 1. The van der Waals surface area contributed by atoms with Crippen LogP contribution in [0.5, 0.6) is 5.75 Å². The van der Waals surface area contributed by atoms with Gasteiger partial charge in [0, 0.05) is 13.1 Å². The summed E-state index contributed by atoms with van der Waals surface area (Å²) in [5.74, 6) is 1.30. The number of benzene rings is 1. The monoisotopic (exact) mass is 452 g/mol. The van der Waals surface area contributed by atoms with Crippen molar-refractivity contribution in [2.75, 3.05) is 26.0 Å². The van der Waals surface area contributed by atoms with Gasteiger partial charge in [0.15, 0.2) is 11.0 Å². The Hall–Kier alpha value is -3.34. The van der Waals surface area contributed by atoms with E-state index in [1.165, 1.54) is 11.8 Å². The second-order valence-electron chi connectivity index (χ2n) is 6.28. The minimum absolute atomic E-state index is 0.120. The smallest absolute Gasteiger partial charge is 0.233 e. The van der Waals surface area contributed by atoms with E-state index in [0.29, 0.717) is 29.8 Å². The highest BCUT2D eigenvalue weighted by Crippen LogP contribution is 2.34. The Balaban J connectivity index is 1.89. The van der Waals surface area contributed by atoms with Gasteiger partial charge in [0.2, 0.25) is 5.91 Å². The highest BCUT2D eigenvalue weighted by atomic mass is 32.2. The SMILES string of the molecule is COc1ccccc1-n1c(SCC(=O)N(CCC#N)CCC#N)nnc1-c1cccs1. The number of thioether (sulfide) groups is 1. The molecular formula is C21H20N6O2S2. The molecule has 0 saturated carbocycles. The Kier molecular flexibility index (Phi) is 8.05. The van der Waals surface area contributed by atoms with Gasteiger partial charge < -0.3 is 9.64 Å². The minimum atomic E-state index is -0.150. The second-order valence-corrected chi connectivity index (χ2v) is 8.17. The fourth-order valence-electron chi connectivity index (χ4n) is 2.91. The van der Waals surface area contributed by atoms with Gasteiger partial charge in [-0.3, -0.25) is 9.36 Å². The molecule has 0 atom stereocenters. The summed E-state index contributed by atoms with van der Waals surface area (Å²) in [7, 11) is 1.60. The van der Waals surface area contributed by atoms with Gasteiger partial charge in [-0.1, -0.05) is 30.0 Å². The summed E-state index contributed by atoms with van der Waals surface area (Å²) >= 11 is 2.81. The normalized spacial score (nSPS) is 10.3. The standard InChI is InChI=1S/C21H20N6O2S2/c1-29-17-8-3-2-7-16(17)27-20(18-9-4-14-30-18)24-25-21(27)31-15-19(28)26(12-5-10-22)13-6-11-23/h2-4,7-9,14H,5-6,12-13,15H2,1H3. The molecule has 8 nitrogen and oxygen atoms in total. The van der Waals surface area contributed by atoms with Crippen molar-refractivity contribution < 1.29 is 9.53 Å². The number of carbonyl (C=O) groups excluding carboxylic acids is 1. The second kappa shape index (κ2) is 11.2. The van der Waals surface area contributed by atoms with Gasteiger partial charge in [-0.2, -0.15) is 10.5 Å². The number of hydrogen-bond acceptors (Lipinski definition) is 8. The topological polar surface area (TPSA) is 108 Å². The van der Waals surface area contributed by atoms with Crippen molar-refractivity contribution in [3.05, 3.63) is 41.8 Å². The number of methoxy groups -OCH3 is 1. The molecule has 10 heteroatoms. The van der Waals surface area contributed by atoms with E-state index >= 15 is 0 Å². The van der Waals surface area contributed by atoms with Gasteiger partial charge in [-0.15, -0.1) is 21.5 Å². The highest BCUT2D eigenvalue weighted by molar-refractivity contribution is 7.99. The van der Waals surface area contributed by atoms with Gasteiger partial charge in [0.05, 0.1) is 48.4 Å². The quantitative estimate of drug-likeness (QED) is 0.431. The molecule has 3 aromatic rings. The first-order valence-electron chi connectivity index (χ1n) is 9.46.